The van der Waals surface area contributed by atoms with Gasteiger partial charge in [-0.2, -0.15) is 0 Å². The number of carbonyl (C=O) groups excluding carboxylic acids is 1. The Bertz CT molecular complexity index is 717. The van der Waals surface area contributed by atoms with Crippen molar-refractivity contribution < 1.29 is 9.90 Å². The molecule has 0 aliphatic carbocycles. The monoisotopic (exact) mass is 411 g/mol. The zero-order valence-electron chi connectivity index (χ0n) is 15.1. The number of benzene rings is 2. The van der Waals surface area contributed by atoms with Crippen molar-refractivity contribution in [3.63, 3.8) is 0 Å². The maximum Gasteiger partial charge on any atom is 0.253 e. The third kappa shape index (κ3) is 6.70. The molecule has 0 unspecified atom stereocenters. The molecular weight excluding hydrogens is 385 g/mol. The molecule has 1 saturated heterocycles. The van der Waals surface area contributed by atoms with E-state index in [4.69, 9.17) is 5.73 Å². The van der Waals surface area contributed by atoms with Crippen molar-refractivity contribution in [3.8, 4) is 0 Å². The number of nitrogens with two attached hydrogens (primary N) is 1. The summed E-state index contributed by atoms with van der Waals surface area (Å²) in [5.41, 5.74) is 9.13. The Kier molecular flexibility index (Phi) is 9.60. The van der Waals surface area contributed by atoms with Gasteiger partial charge in [-0.1, -0.05) is 36.4 Å². The molecule has 0 radical (unpaired) electrons. The Morgan fingerprint density at radius 2 is 1.63 bits per heavy atom. The lowest BCUT2D eigenvalue weighted by atomic mass is 10.1. The first-order chi connectivity index (χ1) is 12.1. The van der Waals surface area contributed by atoms with Gasteiger partial charge in [0.25, 0.3) is 5.91 Å². The number of amides is 1. The van der Waals surface area contributed by atoms with E-state index in [0.717, 1.165) is 38.0 Å². The van der Waals surface area contributed by atoms with E-state index in [0.29, 0.717) is 17.8 Å². The van der Waals surface area contributed by atoms with E-state index in [1.54, 1.807) is 18.2 Å². The molecule has 7 heteroatoms. The Hall–Kier alpha value is -1.79. The van der Waals surface area contributed by atoms with Crippen molar-refractivity contribution in [1.82, 2.24) is 10.2 Å². The molecule has 5 nitrogen and oxygen atoms in total. The third-order valence-corrected chi connectivity index (χ3v) is 4.64. The van der Waals surface area contributed by atoms with Crippen LogP contribution in [0, 0.1) is 0 Å². The van der Waals surface area contributed by atoms with Crippen molar-refractivity contribution in [1.29, 1.82) is 0 Å². The first-order valence-electron chi connectivity index (χ1n) is 8.73. The maximum atomic E-state index is 12.2. The van der Waals surface area contributed by atoms with Gasteiger partial charge in [0.15, 0.2) is 0 Å². The van der Waals surface area contributed by atoms with Gasteiger partial charge in [-0.25, -0.2) is 0 Å². The van der Waals surface area contributed by atoms with Crippen LogP contribution in [-0.4, -0.2) is 35.1 Å². The molecule has 0 atom stereocenters. The standard InChI is InChI=1S/C20H25N3O2.2ClH/c21-19-4-2-1-3-18(19)20(25)22-13-15-5-7-16(8-6-15)14-23-11-9-17(24)10-12-23;;/h1-8,17,24H,9-14,21H2,(H,22,25);2*1H. The Labute approximate surface area is 172 Å². The number of aliphatic hydroxyl groups excluding tert-OH is 1. The van der Waals surface area contributed by atoms with E-state index in [9.17, 15) is 9.90 Å². The SMILES string of the molecule is Cl.Cl.Nc1ccccc1C(=O)NCc1ccc(CN2CCC(O)CC2)cc1. The molecule has 1 aliphatic rings. The van der Waals surface area contributed by atoms with Crippen LogP contribution in [0.3, 0.4) is 0 Å². The molecule has 1 amide bonds. The summed E-state index contributed by atoms with van der Waals surface area (Å²) in [4.78, 5) is 14.5. The minimum atomic E-state index is -0.158. The highest BCUT2D eigenvalue weighted by molar-refractivity contribution is 5.98. The van der Waals surface area contributed by atoms with Crippen LogP contribution in [0.4, 0.5) is 5.69 Å². The van der Waals surface area contributed by atoms with Crippen molar-refractivity contribution in [2.75, 3.05) is 18.8 Å². The number of para-hydroxylation sites is 1. The zero-order valence-corrected chi connectivity index (χ0v) is 16.8. The topological polar surface area (TPSA) is 78.6 Å². The number of carbonyl (C=O) groups is 1. The van der Waals surface area contributed by atoms with Gasteiger partial charge < -0.3 is 16.2 Å². The second kappa shape index (κ2) is 11.1. The van der Waals surface area contributed by atoms with Gasteiger partial charge in [-0.15, -0.1) is 24.8 Å². The molecule has 0 bridgehead atoms. The van der Waals surface area contributed by atoms with Crippen LogP contribution >= 0.6 is 24.8 Å². The minimum Gasteiger partial charge on any atom is -0.398 e. The number of halogens is 2. The lowest BCUT2D eigenvalue weighted by molar-refractivity contribution is 0.0792. The van der Waals surface area contributed by atoms with Gasteiger partial charge in [0.05, 0.1) is 11.7 Å². The van der Waals surface area contributed by atoms with E-state index >= 15 is 0 Å². The molecule has 0 saturated carbocycles. The minimum absolute atomic E-state index is 0. The third-order valence-electron chi connectivity index (χ3n) is 4.64. The van der Waals surface area contributed by atoms with Gasteiger partial charge in [0.2, 0.25) is 0 Å². The maximum absolute atomic E-state index is 12.2. The number of anilines is 1. The van der Waals surface area contributed by atoms with Crippen molar-refractivity contribution >= 4 is 36.4 Å². The molecular formula is C20H27Cl2N3O2. The van der Waals surface area contributed by atoms with Gasteiger partial charge in [-0.05, 0) is 36.1 Å². The predicted octanol–water partition coefficient (Wildman–Crippen LogP) is 3.00. The molecule has 2 aromatic rings. The molecule has 1 fully saturated rings. The second-order valence-electron chi connectivity index (χ2n) is 6.59. The molecule has 4 N–H and O–H groups in total. The summed E-state index contributed by atoms with van der Waals surface area (Å²) in [5.74, 6) is -0.158. The van der Waals surface area contributed by atoms with Crippen molar-refractivity contribution in [2.45, 2.75) is 32.0 Å². The molecule has 0 spiro atoms. The number of rotatable bonds is 5. The van der Waals surface area contributed by atoms with Gasteiger partial charge in [-0.3, -0.25) is 9.69 Å². The molecule has 1 heterocycles. The van der Waals surface area contributed by atoms with E-state index in [1.807, 2.05) is 18.2 Å². The molecule has 1 aliphatic heterocycles. The normalized spacial score (nSPS) is 14.7. The fourth-order valence-electron chi connectivity index (χ4n) is 3.08. The number of nitrogen functional groups attached to an aromatic ring is 1. The van der Waals surface area contributed by atoms with Gasteiger partial charge >= 0.3 is 0 Å². The lowest BCUT2D eigenvalue weighted by Gasteiger charge is -2.29. The second-order valence-corrected chi connectivity index (χ2v) is 6.59. The number of piperidine rings is 1. The average molecular weight is 412 g/mol. The first-order valence-corrected chi connectivity index (χ1v) is 8.73. The number of hydrogen-bond donors (Lipinski definition) is 3. The van der Waals surface area contributed by atoms with Crippen molar-refractivity contribution in [2.24, 2.45) is 0 Å². The predicted molar refractivity (Wildman–Crippen MR) is 113 cm³/mol. The summed E-state index contributed by atoms with van der Waals surface area (Å²) >= 11 is 0. The molecule has 2 aromatic carbocycles. The number of hydrogen-bond acceptors (Lipinski definition) is 4. The van der Waals surface area contributed by atoms with Gasteiger partial charge in [0, 0.05) is 31.9 Å². The highest BCUT2D eigenvalue weighted by atomic mass is 35.5. The van der Waals surface area contributed by atoms with E-state index in [2.05, 4.69) is 22.3 Å². The van der Waals surface area contributed by atoms with Crippen LogP contribution in [0.15, 0.2) is 48.5 Å². The fourth-order valence-corrected chi connectivity index (χ4v) is 3.08. The van der Waals surface area contributed by atoms with E-state index in [1.165, 1.54) is 5.56 Å². The fraction of sp³-hybridized carbons (Fsp3) is 0.350. The molecule has 27 heavy (non-hydrogen) atoms. The van der Waals surface area contributed by atoms with E-state index in [-0.39, 0.29) is 36.8 Å². The zero-order chi connectivity index (χ0) is 17.6. The molecule has 3 rings (SSSR count). The van der Waals surface area contributed by atoms with Crippen LogP contribution in [-0.2, 0) is 13.1 Å². The highest BCUT2D eigenvalue weighted by Crippen LogP contribution is 2.15. The van der Waals surface area contributed by atoms with Crippen LogP contribution in [0.5, 0.6) is 0 Å². The quantitative estimate of drug-likeness (QED) is 0.660. The van der Waals surface area contributed by atoms with Crippen LogP contribution < -0.4 is 11.1 Å². The summed E-state index contributed by atoms with van der Waals surface area (Å²) in [6.07, 6.45) is 1.57. The Balaban J connectivity index is 0.00000182. The number of aliphatic hydroxyl groups is 1. The number of nitrogens with one attached hydrogen (secondary N) is 1. The van der Waals surface area contributed by atoms with Crippen LogP contribution in [0.25, 0.3) is 0 Å². The highest BCUT2D eigenvalue weighted by Gasteiger charge is 2.16. The summed E-state index contributed by atoms with van der Waals surface area (Å²) in [6.45, 7) is 3.26. The number of nitrogens with zero attached hydrogens (tertiary/aromatic N) is 1. The molecule has 148 valence electrons. The lowest BCUT2D eigenvalue weighted by Crippen LogP contribution is -2.35. The first kappa shape index (κ1) is 23.2. The van der Waals surface area contributed by atoms with Crippen molar-refractivity contribution in [3.05, 3.63) is 65.2 Å². The smallest absolute Gasteiger partial charge is 0.253 e. The Morgan fingerprint density at radius 1 is 1.04 bits per heavy atom. The molecule has 0 aromatic heterocycles. The Morgan fingerprint density at radius 3 is 2.26 bits per heavy atom. The van der Waals surface area contributed by atoms with Crippen LogP contribution in [0.1, 0.15) is 34.3 Å². The van der Waals surface area contributed by atoms with Crippen LogP contribution in [0.2, 0.25) is 0 Å². The largest absolute Gasteiger partial charge is 0.398 e. The summed E-state index contributed by atoms with van der Waals surface area (Å²) < 4.78 is 0. The van der Waals surface area contributed by atoms with E-state index < -0.39 is 0 Å². The average Bonchev–Trinajstić information content (AvgIpc) is 2.63. The van der Waals surface area contributed by atoms with Gasteiger partial charge in [0.1, 0.15) is 0 Å². The number of likely N-dealkylation sites (tertiary alicyclic amines) is 1. The summed E-state index contributed by atoms with van der Waals surface area (Å²) in [7, 11) is 0. The summed E-state index contributed by atoms with van der Waals surface area (Å²) in [6, 6.07) is 15.4. The summed E-state index contributed by atoms with van der Waals surface area (Å²) in [5, 5.41) is 12.5.